The number of ether oxygens (including phenoxy) is 2. The van der Waals surface area contributed by atoms with Crippen molar-refractivity contribution < 1.29 is 22.6 Å². The molecular weight excluding hydrogens is 435 g/mol. The van der Waals surface area contributed by atoms with Crippen molar-refractivity contribution >= 4 is 17.5 Å². The molecule has 0 radical (unpaired) electrons. The Hall–Kier alpha value is -2.85. The Labute approximate surface area is 181 Å². The van der Waals surface area contributed by atoms with E-state index < -0.39 is 13.2 Å². The number of pyridine rings is 1. The van der Waals surface area contributed by atoms with E-state index in [1.54, 1.807) is 29.0 Å². The molecule has 0 amide bonds. The highest BCUT2D eigenvalue weighted by Gasteiger charge is 2.30. The largest absolute Gasteiger partial charge is 0.481 e. The van der Waals surface area contributed by atoms with E-state index in [4.69, 9.17) is 16.3 Å². The first kappa shape index (κ1) is 21.4. The molecule has 164 valence electrons. The number of rotatable bonds is 7. The van der Waals surface area contributed by atoms with Gasteiger partial charge >= 0.3 is 6.61 Å². The highest BCUT2D eigenvalue weighted by atomic mass is 35.5. The lowest BCUT2D eigenvalue weighted by Crippen LogP contribution is -2.23. The summed E-state index contributed by atoms with van der Waals surface area (Å²) in [7, 11) is 1.50. The smallest absolute Gasteiger partial charge is 0.345 e. The molecule has 1 aliphatic rings. The van der Waals surface area contributed by atoms with Gasteiger partial charge < -0.3 is 14.4 Å². The van der Waals surface area contributed by atoms with Crippen molar-refractivity contribution in [2.45, 2.75) is 25.6 Å². The Morgan fingerprint density at radius 1 is 1.23 bits per heavy atom. The maximum Gasteiger partial charge on any atom is 0.345 e. The van der Waals surface area contributed by atoms with Crippen molar-refractivity contribution in [3.8, 4) is 11.6 Å². The maximum absolute atomic E-state index is 13.4. The first-order valence-electron chi connectivity index (χ1n) is 9.50. The molecule has 0 N–H and O–H groups in total. The molecule has 1 fully saturated rings. The molecule has 0 saturated carbocycles. The van der Waals surface area contributed by atoms with Crippen LogP contribution in [0.3, 0.4) is 0 Å². The van der Waals surface area contributed by atoms with Gasteiger partial charge in [-0.15, -0.1) is 10.2 Å². The number of nitrogens with zero attached hydrogens (tertiary/aromatic N) is 5. The van der Waals surface area contributed by atoms with E-state index in [-0.39, 0.29) is 17.6 Å². The number of alkyl halides is 2. The van der Waals surface area contributed by atoms with Crippen molar-refractivity contribution in [1.82, 2.24) is 19.7 Å². The fourth-order valence-electron chi connectivity index (χ4n) is 3.66. The summed E-state index contributed by atoms with van der Waals surface area (Å²) in [5.74, 6) is 0.772. The lowest BCUT2D eigenvalue weighted by atomic mass is 9.98. The third kappa shape index (κ3) is 4.59. The number of halogens is 4. The van der Waals surface area contributed by atoms with Gasteiger partial charge in [0.1, 0.15) is 12.4 Å². The van der Waals surface area contributed by atoms with Gasteiger partial charge in [0.05, 0.1) is 19.0 Å². The predicted molar refractivity (Wildman–Crippen MR) is 107 cm³/mol. The molecule has 0 bridgehead atoms. The van der Waals surface area contributed by atoms with E-state index in [0.717, 1.165) is 12.0 Å². The minimum atomic E-state index is -2.93. The van der Waals surface area contributed by atoms with Crippen molar-refractivity contribution in [3.05, 3.63) is 58.8 Å². The van der Waals surface area contributed by atoms with Crippen LogP contribution in [0.25, 0.3) is 5.69 Å². The molecule has 3 aromatic rings. The first-order valence-corrected chi connectivity index (χ1v) is 9.88. The van der Waals surface area contributed by atoms with Crippen LogP contribution in [0.4, 0.5) is 19.1 Å². The molecular formula is C20H19ClF3N5O2. The van der Waals surface area contributed by atoms with Gasteiger partial charge in [-0.2, -0.15) is 8.78 Å². The fourth-order valence-corrected chi connectivity index (χ4v) is 3.98. The molecule has 1 atom stereocenters. The van der Waals surface area contributed by atoms with Gasteiger partial charge in [0.25, 0.3) is 0 Å². The fraction of sp³-hybridized carbons (Fsp3) is 0.350. The van der Waals surface area contributed by atoms with Crippen LogP contribution in [0.2, 0.25) is 5.02 Å². The lowest BCUT2D eigenvalue weighted by Gasteiger charge is -2.20. The molecule has 11 heteroatoms. The van der Waals surface area contributed by atoms with Crippen LogP contribution in [-0.4, -0.2) is 46.6 Å². The Morgan fingerprint density at radius 3 is 2.74 bits per heavy atom. The molecule has 2 aromatic heterocycles. The molecule has 0 aliphatic carbocycles. The summed E-state index contributed by atoms with van der Waals surface area (Å²) < 4.78 is 49.8. The summed E-state index contributed by atoms with van der Waals surface area (Å²) in [6.45, 7) is -2.16. The van der Waals surface area contributed by atoms with Gasteiger partial charge in [0, 0.05) is 30.1 Å². The van der Waals surface area contributed by atoms with E-state index >= 15 is 0 Å². The average Bonchev–Trinajstić information content (AvgIpc) is 3.39. The monoisotopic (exact) mass is 453 g/mol. The van der Waals surface area contributed by atoms with Gasteiger partial charge in [0.15, 0.2) is 5.82 Å². The number of hydrogen-bond donors (Lipinski definition) is 0. The van der Waals surface area contributed by atoms with E-state index in [1.165, 1.54) is 19.2 Å². The number of anilines is 1. The second-order valence-corrected chi connectivity index (χ2v) is 7.39. The number of aromatic nitrogens is 4. The molecule has 1 unspecified atom stereocenters. The van der Waals surface area contributed by atoms with Gasteiger partial charge in [-0.1, -0.05) is 17.7 Å². The normalized spacial score (nSPS) is 16.3. The summed E-state index contributed by atoms with van der Waals surface area (Å²) in [5, 5.41) is 8.65. The van der Waals surface area contributed by atoms with Crippen molar-refractivity contribution in [2.24, 2.45) is 0 Å². The standard InChI is InChI=1S/C20H19ClF3N5O2/c1-30-18-5-3-14(9-25-18)29-17(11-31-19(23)24)26-27-20(29)28-7-6-12(10-28)15-4-2-13(22)8-16(15)21/h2-5,8-9,12,19H,6-7,10-11H2,1H3. The number of methoxy groups -OCH3 is 1. The van der Waals surface area contributed by atoms with Gasteiger partial charge in [-0.05, 0) is 30.2 Å². The summed E-state index contributed by atoms with van der Waals surface area (Å²) in [5.41, 5.74) is 1.43. The zero-order chi connectivity index (χ0) is 22.0. The van der Waals surface area contributed by atoms with Crippen LogP contribution < -0.4 is 9.64 Å². The van der Waals surface area contributed by atoms with Crippen LogP contribution in [0.5, 0.6) is 5.88 Å². The van der Waals surface area contributed by atoms with E-state index in [1.807, 2.05) is 4.90 Å². The third-order valence-corrected chi connectivity index (χ3v) is 5.44. The van der Waals surface area contributed by atoms with Crippen LogP contribution >= 0.6 is 11.6 Å². The lowest BCUT2D eigenvalue weighted by molar-refractivity contribution is -0.139. The van der Waals surface area contributed by atoms with Crippen molar-refractivity contribution in [2.75, 3.05) is 25.1 Å². The highest BCUT2D eigenvalue weighted by molar-refractivity contribution is 6.31. The minimum absolute atomic E-state index is 0.0630. The van der Waals surface area contributed by atoms with E-state index in [2.05, 4.69) is 19.9 Å². The first-order chi connectivity index (χ1) is 15.0. The number of benzene rings is 1. The quantitative estimate of drug-likeness (QED) is 0.534. The Kier molecular flexibility index (Phi) is 6.28. The highest BCUT2D eigenvalue weighted by Crippen LogP contribution is 2.35. The van der Waals surface area contributed by atoms with Crippen LogP contribution in [-0.2, 0) is 11.3 Å². The summed E-state index contributed by atoms with van der Waals surface area (Å²) in [6.07, 6.45) is 2.31. The van der Waals surface area contributed by atoms with Crippen LogP contribution in [0, 0.1) is 5.82 Å². The van der Waals surface area contributed by atoms with Crippen LogP contribution in [0.1, 0.15) is 23.7 Å². The summed E-state index contributed by atoms with van der Waals surface area (Å²) >= 11 is 6.23. The SMILES string of the molecule is COc1ccc(-n2c(COC(F)F)nnc2N2CCC(c3ccc(F)cc3Cl)C2)cn1. The molecule has 31 heavy (non-hydrogen) atoms. The molecule has 1 aromatic carbocycles. The molecule has 3 heterocycles. The van der Waals surface area contributed by atoms with Gasteiger partial charge in [0.2, 0.25) is 11.8 Å². The number of hydrogen-bond acceptors (Lipinski definition) is 6. The topological polar surface area (TPSA) is 65.3 Å². The molecule has 1 saturated heterocycles. The van der Waals surface area contributed by atoms with E-state index in [0.29, 0.717) is 35.6 Å². The zero-order valence-corrected chi connectivity index (χ0v) is 17.3. The summed E-state index contributed by atoms with van der Waals surface area (Å²) in [6, 6.07) is 7.75. The van der Waals surface area contributed by atoms with Crippen LogP contribution in [0.15, 0.2) is 36.5 Å². The third-order valence-electron chi connectivity index (χ3n) is 5.11. The molecule has 7 nitrogen and oxygen atoms in total. The second-order valence-electron chi connectivity index (χ2n) is 6.98. The zero-order valence-electron chi connectivity index (χ0n) is 16.5. The second kappa shape index (κ2) is 9.11. The Bertz CT molecular complexity index is 1050. The van der Waals surface area contributed by atoms with E-state index in [9.17, 15) is 13.2 Å². The van der Waals surface area contributed by atoms with Gasteiger partial charge in [-0.25, -0.2) is 9.37 Å². The van der Waals surface area contributed by atoms with Crippen molar-refractivity contribution in [3.63, 3.8) is 0 Å². The molecule has 1 aliphatic heterocycles. The maximum atomic E-state index is 13.4. The Balaban J connectivity index is 1.64. The molecule has 0 spiro atoms. The Morgan fingerprint density at radius 2 is 2.06 bits per heavy atom. The van der Waals surface area contributed by atoms with Crippen molar-refractivity contribution in [1.29, 1.82) is 0 Å². The predicted octanol–water partition coefficient (Wildman–Crippen LogP) is 4.20. The average molecular weight is 454 g/mol. The minimum Gasteiger partial charge on any atom is -0.481 e. The molecule has 4 rings (SSSR count). The van der Waals surface area contributed by atoms with Gasteiger partial charge in [-0.3, -0.25) is 4.57 Å². The summed E-state index contributed by atoms with van der Waals surface area (Å²) in [4.78, 5) is 6.16.